The van der Waals surface area contributed by atoms with Crippen LogP contribution in [0.25, 0.3) is 21.9 Å². The van der Waals surface area contributed by atoms with Gasteiger partial charge < -0.3 is 10.8 Å². The van der Waals surface area contributed by atoms with Crippen molar-refractivity contribution >= 4 is 21.9 Å². The van der Waals surface area contributed by atoms with Crippen molar-refractivity contribution in [3.8, 4) is 0 Å². The van der Waals surface area contributed by atoms with E-state index in [9.17, 15) is 0 Å². The molecule has 1 aliphatic rings. The summed E-state index contributed by atoms with van der Waals surface area (Å²) in [6.07, 6.45) is 7.63. The molecule has 1 fully saturated rings. The van der Waals surface area contributed by atoms with Crippen molar-refractivity contribution in [1.82, 2.24) is 20.2 Å². The Morgan fingerprint density at radius 3 is 2.44 bits per heavy atom. The van der Waals surface area contributed by atoms with Crippen LogP contribution in [-0.4, -0.2) is 25.7 Å². The summed E-state index contributed by atoms with van der Waals surface area (Å²) in [5, 5.41) is 9.17. The van der Waals surface area contributed by atoms with Crippen molar-refractivity contribution in [1.29, 1.82) is 0 Å². The zero-order chi connectivity index (χ0) is 21.5. The van der Waals surface area contributed by atoms with E-state index < -0.39 is 0 Å². The number of hydrogen-bond acceptors (Lipinski definition) is 3. The molecule has 5 aromatic rings. The van der Waals surface area contributed by atoms with Crippen LogP contribution in [0.1, 0.15) is 35.6 Å². The van der Waals surface area contributed by atoms with Crippen LogP contribution in [0.3, 0.4) is 0 Å². The smallest absolute Gasteiger partial charge is 0.159 e. The third-order valence-electron chi connectivity index (χ3n) is 7.32. The molecule has 0 bridgehead atoms. The number of aromatic nitrogens is 4. The number of H-pyrrole nitrogens is 2. The second-order valence-electron chi connectivity index (χ2n) is 9.23. The van der Waals surface area contributed by atoms with Crippen molar-refractivity contribution in [2.75, 3.05) is 0 Å². The molecular weight excluding hydrogens is 394 g/mol. The van der Waals surface area contributed by atoms with Crippen molar-refractivity contribution in [2.45, 2.75) is 37.1 Å². The lowest BCUT2D eigenvalue weighted by Crippen LogP contribution is -2.47. The molecule has 5 heteroatoms. The van der Waals surface area contributed by atoms with Crippen LogP contribution >= 0.6 is 0 Å². The summed E-state index contributed by atoms with van der Waals surface area (Å²) >= 11 is 0. The molecule has 32 heavy (non-hydrogen) atoms. The summed E-state index contributed by atoms with van der Waals surface area (Å²) in [6.45, 7) is 0. The van der Waals surface area contributed by atoms with E-state index in [2.05, 4.69) is 86.9 Å². The fourth-order valence-corrected chi connectivity index (χ4v) is 5.79. The molecule has 0 radical (unpaired) electrons. The Labute approximate surface area is 187 Å². The molecule has 0 amide bonds. The summed E-state index contributed by atoms with van der Waals surface area (Å²) in [7, 11) is 0. The number of rotatable bonds is 5. The highest BCUT2D eigenvalue weighted by molar-refractivity contribution is 6.04. The minimum atomic E-state index is -0.268. The Morgan fingerprint density at radius 1 is 0.906 bits per heavy atom. The van der Waals surface area contributed by atoms with Gasteiger partial charge in [0.15, 0.2) is 5.65 Å². The highest BCUT2D eigenvalue weighted by Gasteiger charge is 2.47. The topological polar surface area (TPSA) is 83.4 Å². The minimum Gasteiger partial charge on any atom is -0.325 e. The van der Waals surface area contributed by atoms with E-state index >= 15 is 0 Å². The highest BCUT2D eigenvalue weighted by Crippen LogP contribution is 2.49. The molecule has 0 aliphatic heterocycles. The van der Waals surface area contributed by atoms with Gasteiger partial charge in [-0.25, -0.2) is 9.97 Å². The molecule has 6 rings (SSSR count). The number of pyridine rings is 1. The molecule has 0 saturated heterocycles. The van der Waals surface area contributed by atoms with Crippen molar-refractivity contribution in [2.24, 2.45) is 11.7 Å². The number of nitrogens with one attached hydrogen (secondary N) is 2. The molecule has 5 nitrogen and oxygen atoms in total. The number of fused-ring (bicyclic) bond motifs is 3. The van der Waals surface area contributed by atoms with Gasteiger partial charge in [-0.15, -0.1) is 0 Å². The van der Waals surface area contributed by atoms with E-state index in [0.29, 0.717) is 11.8 Å². The van der Waals surface area contributed by atoms with E-state index in [0.717, 1.165) is 42.2 Å². The van der Waals surface area contributed by atoms with Gasteiger partial charge in [0.05, 0.1) is 11.7 Å². The average Bonchev–Trinajstić information content (AvgIpc) is 3.53. The van der Waals surface area contributed by atoms with E-state index in [4.69, 9.17) is 5.73 Å². The highest BCUT2D eigenvalue weighted by atomic mass is 15.1. The van der Waals surface area contributed by atoms with Crippen LogP contribution in [0.4, 0.5) is 0 Å². The second-order valence-corrected chi connectivity index (χ2v) is 9.23. The molecule has 2 aromatic carbocycles. The van der Waals surface area contributed by atoms with E-state index in [1.165, 1.54) is 22.2 Å². The van der Waals surface area contributed by atoms with Gasteiger partial charge in [0.2, 0.25) is 0 Å². The molecule has 3 unspecified atom stereocenters. The third-order valence-corrected chi connectivity index (χ3v) is 7.32. The zero-order valence-electron chi connectivity index (χ0n) is 18.0. The molecule has 3 atom stereocenters. The van der Waals surface area contributed by atoms with Gasteiger partial charge in [0.25, 0.3) is 0 Å². The Balaban J connectivity index is 1.45. The standard InChI is InChI=1S/C27H27N5/c28-27(16-19-9-5-2-6-10-19)13-11-20(22(27)15-18-7-3-1-4-8-18)25-24-21-12-14-29-26(21)30-17-23(24)31-32-25/h1-10,12,14,17,20,22,31-32H,11,13,15-16,28H2. The maximum atomic E-state index is 7.27. The molecule has 4 N–H and O–H groups in total. The van der Waals surface area contributed by atoms with Gasteiger partial charge >= 0.3 is 0 Å². The first-order valence-electron chi connectivity index (χ1n) is 11.4. The first-order valence-corrected chi connectivity index (χ1v) is 11.4. The lowest BCUT2D eigenvalue weighted by molar-refractivity contribution is 0.293. The predicted molar refractivity (Wildman–Crippen MR) is 128 cm³/mol. The first-order chi connectivity index (χ1) is 15.7. The molecule has 0 spiro atoms. The number of nitrogens with zero attached hydrogens (tertiary/aromatic N) is 2. The Bertz CT molecular complexity index is 1350. The monoisotopic (exact) mass is 421 g/mol. The molecule has 3 heterocycles. The number of nitrogens with two attached hydrogens (primary N) is 1. The average molecular weight is 422 g/mol. The zero-order valence-corrected chi connectivity index (χ0v) is 18.0. The molecule has 160 valence electrons. The number of hydrogen-bond donors (Lipinski definition) is 3. The van der Waals surface area contributed by atoms with Gasteiger partial charge in [-0.3, -0.25) is 5.10 Å². The number of aromatic amines is 2. The fourth-order valence-electron chi connectivity index (χ4n) is 5.79. The van der Waals surface area contributed by atoms with E-state index in [-0.39, 0.29) is 5.54 Å². The lowest BCUT2D eigenvalue weighted by Gasteiger charge is -2.34. The van der Waals surface area contributed by atoms with E-state index in [1.54, 1.807) is 0 Å². The minimum absolute atomic E-state index is 0.268. The van der Waals surface area contributed by atoms with Crippen LogP contribution in [0.5, 0.6) is 0 Å². The van der Waals surface area contributed by atoms with Crippen LogP contribution in [0.2, 0.25) is 0 Å². The van der Waals surface area contributed by atoms with Crippen LogP contribution in [0, 0.1) is 5.92 Å². The molecular formula is C27H27N5. The summed E-state index contributed by atoms with van der Waals surface area (Å²) in [5.74, 6) is 0.643. The van der Waals surface area contributed by atoms with Gasteiger partial charge in [0.1, 0.15) is 0 Å². The largest absolute Gasteiger partial charge is 0.325 e. The molecule has 1 saturated carbocycles. The van der Waals surface area contributed by atoms with Crippen LogP contribution < -0.4 is 5.73 Å². The summed E-state index contributed by atoms with van der Waals surface area (Å²) in [6, 6.07) is 23.5. The Morgan fingerprint density at radius 2 is 1.66 bits per heavy atom. The predicted octanol–water partition coefficient (Wildman–Crippen LogP) is 5.12. The van der Waals surface area contributed by atoms with Gasteiger partial charge in [-0.2, -0.15) is 0 Å². The Hall–Kier alpha value is -3.44. The normalized spacial score (nSPS) is 23.3. The summed E-state index contributed by atoms with van der Waals surface area (Å²) < 4.78 is 0. The van der Waals surface area contributed by atoms with Gasteiger partial charge in [0, 0.05) is 34.1 Å². The second kappa shape index (κ2) is 7.61. The third kappa shape index (κ3) is 3.21. The lowest BCUT2D eigenvalue weighted by atomic mass is 9.75. The van der Waals surface area contributed by atoms with Crippen molar-refractivity contribution in [3.05, 3.63) is 95.9 Å². The quantitative estimate of drug-likeness (QED) is 0.368. The van der Waals surface area contributed by atoms with Crippen molar-refractivity contribution < 1.29 is 0 Å². The van der Waals surface area contributed by atoms with Gasteiger partial charge in [-0.1, -0.05) is 60.7 Å². The SMILES string of the molecule is NC1(Cc2ccccc2)CCC(c2[nH][nH]c3cnc4nccc4c23)C1Cc1ccccc1. The fraction of sp³-hybridized carbons (Fsp3) is 0.259. The maximum Gasteiger partial charge on any atom is 0.159 e. The maximum absolute atomic E-state index is 7.27. The van der Waals surface area contributed by atoms with Crippen LogP contribution in [-0.2, 0) is 12.8 Å². The van der Waals surface area contributed by atoms with E-state index in [1.807, 2.05) is 12.4 Å². The molecule has 1 aliphatic carbocycles. The van der Waals surface area contributed by atoms with Crippen LogP contribution in [0.15, 0.2) is 79.1 Å². The summed E-state index contributed by atoms with van der Waals surface area (Å²) in [4.78, 5) is 8.92. The van der Waals surface area contributed by atoms with Crippen molar-refractivity contribution in [3.63, 3.8) is 0 Å². The number of benzene rings is 2. The summed E-state index contributed by atoms with van der Waals surface area (Å²) in [5.41, 5.74) is 12.7. The van der Waals surface area contributed by atoms with Gasteiger partial charge in [-0.05, 0) is 48.8 Å². The Kier molecular flexibility index (Phi) is 4.58. The molecule has 3 aromatic heterocycles. The first kappa shape index (κ1) is 19.3.